The molecule has 1 saturated heterocycles. The van der Waals surface area contributed by atoms with E-state index in [0.717, 1.165) is 0 Å². The number of carbonyl (C=O) groups is 1. The van der Waals surface area contributed by atoms with Gasteiger partial charge in [0.05, 0.1) is 25.5 Å². The highest BCUT2D eigenvalue weighted by molar-refractivity contribution is 5.88. The van der Waals surface area contributed by atoms with Crippen LogP contribution in [-0.4, -0.2) is 35.7 Å². The Balaban J connectivity index is 2.19. The van der Waals surface area contributed by atoms with E-state index < -0.39 is 5.91 Å². The predicted molar refractivity (Wildman–Crippen MR) is 50.1 cm³/mol. The lowest BCUT2D eigenvalue weighted by molar-refractivity contribution is -0.0918. The molecule has 1 amide bonds. The van der Waals surface area contributed by atoms with Gasteiger partial charge in [0, 0.05) is 6.20 Å². The van der Waals surface area contributed by atoms with E-state index in [4.69, 9.17) is 15.2 Å². The third-order valence-electron chi connectivity index (χ3n) is 2.04. The summed E-state index contributed by atoms with van der Waals surface area (Å²) in [4.78, 5) is 18.6. The van der Waals surface area contributed by atoms with E-state index in [0.29, 0.717) is 25.5 Å². The van der Waals surface area contributed by atoms with Crippen molar-refractivity contribution in [2.45, 2.75) is 6.10 Å². The van der Waals surface area contributed by atoms with E-state index in [2.05, 4.69) is 9.97 Å². The second-order valence-electron chi connectivity index (χ2n) is 3.10. The molecule has 1 aliphatic rings. The average Bonchev–Trinajstić information content (AvgIpc) is 2.30. The van der Waals surface area contributed by atoms with Gasteiger partial charge in [0.1, 0.15) is 6.10 Å². The molecule has 0 radical (unpaired) electrons. The first-order chi connectivity index (χ1) is 7.27. The Morgan fingerprint density at radius 3 is 3.07 bits per heavy atom. The van der Waals surface area contributed by atoms with Gasteiger partial charge < -0.3 is 15.2 Å². The molecule has 1 atom stereocenters. The standard InChI is InChI=1S/C9H11N3O3/c10-8(13)9-11-2-1-6(12-9)7-5-14-3-4-15-7/h1-2,7H,3-5H2,(H2,10,13). The maximum absolute atomic E-state index is 10.9. The third kappa shape index (κ3) is 2.28. The molecule has 1 fully saturated rings. The Kier molecular flexibility index (Phi) is 2.89. The van der Waals surface area contributed by atoms with Gasteiger partial charge in [-0.15, -0.1) is 0 Å². The number of aromatic nitrogens is 2. The third-order valence-corrected chi connectivity index (χ3v) is 2.04. The number of primary amides is 1. The van der Waals surface area contributed by atoms with E-state index in [1.807, 2.05) is 0 Å². The fourth-order valence-corrected chi connectivity index (χ4v) is 1.33. The maximum atomic E-state index is 10.9. The van der Waals surface area contributed by atoms with Crippen LogP contribution in [0, 0.1) is 0 Å². The van der Waals surface area contributed by atoms with Crippen LogP contribution in [-0.2, 0) is 9.47 Å². The molecule has 1 aromatic heterocycles. The van der Waals surface area contributed by atoms with Gasteiger partial charge in [-0.3, -0.25) is 4.79 Å². The Bertz CT molecular complexity index is 363. The minimum atomic E-state index is -0.645. The summed E-state index contributed by atoms with van der Waals surface area (Å²) in [7, 11) is 0. The Hall–Kier alpha value is -1.53. The van der Waals surface area contributed by atoms with Gasteiger partial charge in [-0.05, 0) is 6.07 Å². The summed E-state index contributed by atoms with van der Waals surface area (Å²) in [6.07, 6.45) is 1.25. The number of amides is 1. The number of ether oxygens (including phenoxy) is 2. The molecule has 1 unspecified atom stereocenters. The fourth-order valence-electron chi connectivity index (χ4n) is 1.33. The molecule has 0 saturated carbocycles. The van der Waals surface area contributed by atoms with Crippen molar-refractivity contribution in [2.75, 3.05) is 19.8 Å². The van der Waals surface area contributed by atoms with E-state index >= 15 is 0 Å². The van der Waals surface area contributed by atoms with E-state index in [-0.39, 0.29) is 11.9 Å². The van der Waals surface area contributed by atoms with Crippen molar-refractivity contribution in [1.82, 2.24) is 9.97 Å². The molecular weight excluding hydrogens is 198 g/mol. The van der Waals surface area contributed by atoms with Crippen molar-refractivity contribution < 1.29 is 14.3 Å². The summed E-state index contributed by atoms with van der Waals surface area (Å²) < 4.78 is 10.7. The topological polar surface area (TPSA) is 87.3 Å². The zero-order valence-electron chi connectivity index (χ0n) is 8.05. The molecule has 0 aliphatic carbocycles. The molecule has 6 nitrogen and oxygen atoms in total. The summed E-state index contributed by atoms with van der Waals surface area (Å²) >= 11 is 0. The Morgan fingerprint density at radius 1 is 1.53 bits per heavy atom. The normalized spacial score (nSPS) is 21.2. The first-order valence-electron chi connectivity index (χ1n) is 4.59. The van der Waals surface area contributed by atoms with Gasteiger partial charge in [0.2, 0.25) is 5.82 Å². The van der Waals surface area contributed by atoms with Crippen LogP contribution in [0.25, 0.3) is 0 Å². The molecule has 0 spiro atoms. The number of hydrogen-bond acceptors (Lipinski definition) is 5. The van der Waals surface area contributed by atoms with Crippen molar-refractivity contribution in [3.63, 3.8) is 0 Å². The first kappa shape index (κ1) is 10.0. The highest BCUT2D eigenvalue weighted by Crippen LogP contribution is 2.17. The molecule has 0 bridgehead atoms. The van der Waals surface area contributed by atoms with Crippen molar-refractivity contribution in [2.24, 2.45) is 5.73 Å². The van der Waals surface area contributed by atoms with Gasteiger partial charge in [-0.1, -0.05) is 0 Å². The summed E-state index contributed by atoms with van der Waals surface area (Å²) in [6, 6.07) is 1.69. The quantitative estimate of drug-likeness (QED) is 0.720. The highest BCUT2D eigenvalue weighted by Gasteiger charge is 2.19. The molecule has 80 valence electrons. The van der Waals surface area contributed by atoms with E-state index in [9.17, 15) is 4.79 Å². The lowest BCUT2D eigenvalue weighted by atomic mass is 10.2. The number of carbonyl (C=O) groups excluding carboxylic acids is 1. The minimum Gasteiger partial charge on any atom is -0.376 e. The number of hydrogen-bond donors (Lipinski definition) is 1. The smallest absolute Gasteiger partial charge is 0.286 e. The zero-order valence-corrected chi connectivity index (χ0v) is 8.05. The second-order valence-corrected chi connectivity index (χ2v) is 3.10. The molecule has 1 aliphatic heterocycles. The molecule has 2 heterocycles. The molecule has 15 heavy (non-hydrogen) atoms. The van der Waals surface area contributed by atoms with Gasteiger partial charge in [0.15, 0.2) is 0 Å². The molecule has 6 heteroatoms. The minimum absolute atomic E-state index is 0.00155. The largest absolute Gasteiger partial charge is 0.376 e. The van der Waals surface area contributed by atoms with Crippen LogP contribution < -0.4 is 5.73 Å². The zero-order chi connectivity index (χ0) is 10.7. The molecule has 2 rings (SSSR count). The summed E-state index contributed by atoms with van der Waals surface area (Å²) in [5, 5.41) is 0. The Morgan fingerprint density at radius 2 is 2.40 bits per heavy atom. The van der Waals surface area contributed by atoms with Crippen LogP contribution in [0.2, 0.25) is 0 Å². The number of rotatable bonds is 2. The molecular formula is C9H11N3O3. The van der Waals surface area contributed by atoms with Gasteiger partial charge in [0.25, 0.3) is 5.91 Å². The maximum Gasteiger partial charge on any atom is 0.286 e. The lowest BCUT2D eigenvalue weighted by Gasteiger charge is -2.22. The van der Waals surface area contributed by atoms with E-state index in [1.165, 1.54) is 6.20 Å². The number of nitrogens with zero attached hydrogens (tertiary/aromatic N) is 2. The van der Waals surface area contributed by atoms with E-state index in [1.54, 1.807) is 6.07 Å². The van der Waals surface area contributed by atoms with Gasteiger partial charge in [-0.2, -0.15) is 0 Å². The lowest BCUT2D eigenvalue weighted by Crippen LogP contribution is -2.24. The van der Waals surface area contributed by atoms with Crippen LogP contribution >= 0.6 is 0 Å². The van der Waals surface area contributed by atoms with Crippen LogP contribution in [0.1, 0.15) is 22.4 Å². The molecule has 1 aromatic rings. The van der Waals surface area contributed by atoms with Crippen LogP contribution in [0.5, 0.6) is 0 Å². The molecule has 2 N–H and O–H groups in total. The Labute approximate surface area is 86.4 Å². The number of nitrogens with two attached hydrogens (primary N) is 1. The van der Waals surface area contributed by atoms with Crippen molar-refractivity contribution in [1.29, 1.82) is 0 Å². The SMILES string of the molecule is NC(=O)c1nccc(C2COCCO2)n1. The fraction of sp³-hybridized carbons (Fsp3) is 0.444. The van der Waals surface area contributed by atoms with Crippen molar-refractivity contribution in [3.8, 4) is 0 Å². The summed E-state index contributed by atoms with van der Waals surface area (Å²) in [5.74, 6) is -0.643. The van der Waals surface area contributed by atoms with Crippen LogP contribution in [0.3, 0.4) is 0 Å². The van der Waals surface area contributed by atoms with Crippen LogP contribution in [0.4, 0.5) is 0 Å². The molecule has 0 aromatic carbocycles. The second kappa shape index (κ2) is 4.33. The van der Waals surface area contributed by atoms with Gasteiger partial charge in [-0.25, -0.2) is 9.97 Å². The average molecular weight is 209 g/mol. The highest BCUT2D eigenvalue weighted by atomic mass is 16.6. The summed E-state index contributed by atoms with van der Waals surface area (Å²) in [6.45, 7) is 1.56. The first-order valence-corrected chi connectivity index (χ1v) is 4.59. The van der Waals surface area contributed by atoms with Crippen molar-refractivity contribution >= 4 is 5.91 Å². The van der Waals surface area contributed by atoms with Crippen molar-refractivity contribution in [3.05, 3.63) is 23.8 Å². The monoisotopic (exact) mass is 209 g/mol. The summed E-state index contributed by atoms with van der Waals surface area (Å²) in [5.41, 5.74) is 5.70. The predicted octanol–water partition coefficient (Wildman–Crippen LogP) is -0.337. The van der Waals surface area contributed by atoms with Gasteiger partial charge >= 0.3 is 0 Å². The van der Waals surface area contributed by atoms with Crippen LogP contribution in [0.15, 0.2) is 12.3 Å².